The first-order valence-corrected chi connectivity index (χ1v) is 5.27. The highest BCUT2D eigenvalue weighted by Gasteiger charge is 1.94. The zero-order valence-corrected chi connectivity index (χ0v) is 8.99. The van der Waals surface area contributed by atoms with Gasteiger partial charge in [0, 0.05) is 12.6 Å². The lowest BCUT2D eigenvalue weighted by atomic mass is 10.2. The van der Waals surface area contributed by atoms with Gasteiger partial charge in [-0.05, 0) is 12.5 Å². The molecule has 1 aromatic heterocycles. The molecule has 0 aromatic carbocycles. The molecule has 0 aliphatic heterocycles. The summed E-state index contributed by atoms with van der Waals surface area (Å²) in [5.41, 5.74) is 0.832. The van der Waals surface area contributed by atoms with Crippen LogP contribution in [0.4, 0.5) is 0 Å². The van der Waals surface area contributed by atoms with Crippen LogP contribution in [-0.4, -0.2) is 22.4 Å². The van der Waals surface area contributed by atoms with Crippen molar-refractivity contribution in [3.05, 3.63) is 24.3 Å². The minimum atomic E-state index is -0.0549. The molecule has 0 spiro atoms. The van der Waals surface area contributed by atoms with Crippen molar-refractivity contribution in [2.24, 2.45) is 0 Å². The fourth-order valence-corrected chi connectivity index (χ4v) is 1.17. The second-order valence-corrected chi connectivity index (χ2v) is 3.34. The third-order valence-corrected chi connectivity index (χ3v) is 2.01. The summed E-state index contributed by atoms with van der Waals surface area (Å²) >= 11 is 0. The Hall–Kier alpha value is -1.58. The van der Waals surface area contributed by atoms with E-state index in [9.17, 15) is 4.79 Å². The first-order valence-electron chi connectivity index (χ1n) is 5.27. The number of H-pyrrole nitrogens is 1. The lowest BCUT2D eigenvalue weighted by molar-refractivity contribution is -0.116. The molecule has 0 fully saturated rings. The normalized spacial score (nSPS) is 10.7. The number of aromatic nitrogens is 2. The molecule has 15 heavy (non-hydrogen) atoms. The summed E-state index contributed by atoms with van der Waals surface area (Å²) in [5, 5.41) is 2.82. The third kappa shape index (κ3) is 5.00. The molecule has 0 bridgehead atoms. The molecular formula is C11H17N3O. The molecular weight excluding hydrogens is 190 g/mol. The first kappa shape index (κ1) is 11.5. The topological polar surface area (TPSA) is 57.8 Å². The van der Waals surface area contributed by atoms with Gasteiger partial charge in [-0.2, -0.15) is 0 Å². The van der Waals surface area contributed by atoms with Crippen LogP contribution < -0.4 is 5.32 Å². The van der Waals surface area contributed by atoms with Crippen molar-refractivity contribution in [1.29, 1.82) is 0 Å². The molecule has 1 aromatic rings. The Kier molecular flexibility index (Phi) is 5.22. The van der Waals surface area contributed by atoms with E-state index in [1.165, 1.54) is 12.5 Å². The summed E-state index contributed by atoms with van der Waals surface area (Å²) in [6.45, 7) is 2.89. The van der Waals surface area contributed by atoms with E-state index in [0.29, 0.717) is 0 Å². The Balaban J connectivity index is 2.18. The van der Waals surface area contributed by atoms with E-state index < -0.39 is 0 Å². The Morgan fingerprint density at radius 2 is 2.47 bits per heavy atom. The van der Waals surface area contributed by atoms with Crippen LogP contribution >= 0.6 is 0 Å². The number of nitrogens with zero attached hydrogens (tertiary/aromatic N) is 1. The highest BCUT2D eigenvalue weighted by molar-refractivity contribution is 5.91. The van der Waals surface area contributed by atoms with Gasteiger partial charge in [0.1, 0.15) is 0 Å². The molecule has 0 radical (unpaired) electrons. The van der Waals surface area contributed by atoms with Crippen molar-refractivity contribution in [3.8, 4) is 0 Å². The van der Waals surface area contributed by atoms with Gasteiger partial charge in [0.25, 0.3) is 0 Å². The van der Waals surface area contributed by atoms with Gasteiger partial charge in [0.2, 0.25) is 5.91 Å². The number of aromatic amines is 1. The van der Waals surface area contributed by atoms with Crippen LogP contribution in [0.2, 0.25) is 0 Å². The lowest BCUT2D eigenvalue weighted by Gasteiger charge is -1.99. The Morgan fingerprint density at radius 3 is 3.13 bits per heavy atom. The van der Waals surface area contributed by atoms with Crippen molar-refractivity contribution >= 4 is 12.0 Å². The van der Waals surface area contributed by atoms with Crippen molar-refractivity contribution < 1.29 is 4.79 Å². The maximum atomic E-state index is 11.3. The third-order valence-electron chi connectivity index (χ3n) is 2.01. The van der Waals surface area contributed by atoms with Crippen molar-refractivity contribution in [1.82, 2.24) is 15.3 Å². The predicted molar refractivity (Wildman–Crippen MR) is 60.2 cm³/mol. The molecule has 82 valence electrons. The molecule has 1 amide bonds. The summed E-state index contributed by atoms with van der Waals surface area (Å²) < 4.78 is 0. The number of nitrogens with one attached hydrogen (secondary N) is 2. The number of unbranched alkanes of at least 4 members (excludes halogenated alkanes) is 2. The SMILES string of the molecule is CCCCCNC(=O)/C=C/c1cnc[nH]1. The second-order valence-electron chi connectivity index (χ2n) is 3.34. The van der Waals surface area contributed by atoms with Crippen LogP contribution in [-0.2, 0) is 4.79 Å². The molecule has 4 heteroatoms. The van der Waals surface area contributed by atoms with Gasteiger partial charge in [-0.25, -0.2) is 4.98 Å². The number of imidazole rings is 1. The van der Waals surface area contributed by atoms with Crippen molar-refractivity contribution in [3.63, 3.8) is 0 Å². The number of amides is 1. The maximum Gasteiger partial charge on any atom is 0.244 e. The highest BCUT2D eigenvalue weighted by atomic mass is 16.1. The number of hydrogen-bond acceptors (Lipinski definition) is 2. The fourth-order valence-electron chi connectivity index (χ4n) is 1.17. The average molecular weight is 207 g/mol. The van der Waals surface area contributed by atoms with Crippen LogP contribution in [0.5, 0.6) is 0 Å². The highest BCUT2D eigenvalue weighted by Crippen LogP contribution is 1.94. The van der Waals surface area contributed by atoms with Crippen LogP contribution in [0.1, 0.15) is 31.9 Å². The molecule has 0 aliphatic rings. The Labute approximate surface area is 89.8 Å². The van der Waals surface area contributed by atoms with E-state index in [4.69, 9.17) is 0 Å². The Morgan fingerprint density at radius 1 is 1.60 bits per heavy atom. The summed E-state index contributed by atoms with van der Waals surface area (Å²) in [7, 11) is 0. The van der Waals surface area contributed by atoms with E-state index in [0.717, 1.165) is 25.1 Å². The molecule has 4 nitrogen and oxygen atoms in total. The fraction of sp³-hybridized carbons (Fsp3) is 0.455. The Bertz CT molecular complexity index is 304. The number of carbonyl (C=O) groups excluding carboxylic acids is 1. The van der Waals surface area contributed by atoms with E-state index in [-0.39, 0.29) is 5.91 Å². The smallest absolute Gasteiger partial charge is 0.244 e. The van der Waals surface area contributed by atoms with Gasteiger partial charge in [-0.3, -0.25) is 4.79 Å². The quantitative estimate of drug-likeness (QED) is 0.551. The van der Waals surface area contributed by atoms with Gasteiger partial charge in [-0.15, -0.1) is 0 Å². The van der Waals surface area contributed by atoms with Crippen LogP contribution in [0.3, 0.4) is 0 Å². The van der Waals surface area contributed by atoms with Crippen LogP contribution in [0.25, 0.3) is 6.08 Å². The number of rotatable bonds is 6. The van der Waals surface area contributed by atoms with Gasteiger partial charge in [0.15, 0.2) is 0 Å². The first-order chi connectivity index (χ1) is 7.33. The minimum absolute atomic E-state index is 0.0549. The lowest BCUT2D eigenvalue weighted by Crippen LogP contribution is -2.21. The maximum absolute atomic E-state index is 11.3. The van der Waals surface area contributed by atoms with Gasteiger partial charge >= 0.3 is 0 Å². The molecule has 2 N–H and O–H groups in total. The number of hydrogen-bond donors (Lipinski definition) is 2. The average Bonchev–Trinajstić information content (AvgIpc) is 2.74. The van der Waals surface area contributed by atoms with Crippen molar-refractivity contribution in [2.75, 3.05) is 6.54 Å². The molecule has 0 aliphatic carbocycles. The zero-order valence-electron chi connectivity index (χ0n) is 8.99. The molecule has 0 saturated heterocycles. The van der Waals surface area contributed by atoms with Crippen LogP contribution in [0.15, 0.2) is 18.6 Å². The summed E-state index contributed by atoms with van der Waals surface area (Å²) in [6, 6.07) is 0. The summed E-state index contributed by atoms with van der Waals surface area (Å²) in [5.74, 6) is -0.0549. The minimum Gasteiger partial charge on any atom is -0.353 e. The van der Waals surface area contributed by atoms with Crippen LogP contribution in [0, 0.1) is 0 Å². The summed E-state index contributed by atoms with van der Waals surface area (Å²) in [4.78, 5) is 18.0. The molecule has 0 atom stereocenters. The molecule has 1 rings (SSSR count). The molecule has 0 saturated carbocycles. The second kappa shape index (κ2) is 6.81. The largest absolute Gasteiger partial charge is 0.353 e. The number of carbonyl (C=O) groups is 1. The predicted octanol–water partition coefficient (Wildman–Crippen LogP) is 1.73. The van der Waals surface area contributed by atoms with Gasteiger partial charge in [-0.1, -0.05) is 19.8 Å². The molecule has 1 heterocycles. The van der Waals surface area contributed by atoms with E-state index in [1.807, 2.05) is 0 Å². The monoisotopic (exact) mass is 207 g/mol. The standard InChI is InChI=1S/C11H17N3O/c1-2-3-4-7-13-11(15)6-5-10-8-12-9-14-10/h5-6,8-9H,2-4,7H2,1H3,(H,12,14)(H,13,15)/b6-5+. The van der Waals surface area contributed by atoms with E-state index in [1.54, 1.807) is 18.6 Å². The van der Waals surface area contributed by atoms with Gasteiger partial charge < -0.3 is 10.3 Å². The van der Waals surface area contributed by atoms with Gasteiger partial charge in [0.05, 0.1) is 18.2 Å². The molecule has 0 unspecified atom stereocenters. The zero-order chi connectivity index (χ0) is 10.9. The van der Waals surface area contributed by atoms with Crippen molar-refractivity contribution in [2.45, 2.75) is 26.2 Å². The summed E-state index contributed by atoms with van der Waals surface area (Å²) in [6.07, 6.45) is 9.84. The van der Waals surface area contributed by atoms with E-state index in [2.05, 4.69) is 22.2 Å². The van der Waals surface area contributed by atoms with E-state index >= 15 is 0 Å².